The molecule has 0 spiro atoms. The van der Waals surface area contributed by atoms with Crippen LogP contribution in [0.4, 0.5) is 34.3 Å². The van der Waals surface area contributed by atoms with Crippen LogP contribution in [0.1, 0.15) is 69.1 Å². The highest BCUT2D eigenvalue weighted by molar-refractivity contribution is 7.97. The molecule has 0 aliphatic carbocycles. The number of para-hydroxylation sites is 4. The first-order valence-electron chi connectivity index (χ1n) is 27.7. The van der Waals surface area contributed by atoms with Crippen LogP contribution in [-0.2, 0) is 25.7 Å². The molecule has 6 aliphatic rings. The zero-order chi connectivity index (χ0) is 55.8. The molecule has 2 aromatic carbocycles. The number of carbonyl (C=O) groups is 1. The zero-order valence-corrected chi connectivity index (χ0v) is 46.2. The number of ether oxygens (including phenoxy) is 2. The van der Waals surface area contributed by atoms with Crippen molar-refractivity contribution in [2.45, 2.75) is 88.4 Å². The Balaban J connectivity index is 0.000000153. The molecule has 0 radical (unpaired) electrons. The minimum absolute atomic E-state index is 0.00528. The molecule has 2 amide bonds. The minimum atomic E-state index is -2.80. The van der Waals surface area contributed by atoms with E-state index >= 15 is 0 Å². The fourth-order valence-corrected chi connectivity index (χ4v) is 13.4. The maximum absolute atomic E-state index is 14.4. The molecule has 5 unspecified atom stereocenters. The van der Waals surface area contributed by atoms with Gasteiger partial charge >= 0.3 is 6.03 Å². The molecule has 14 rings (SSSR count). The smallest absolute Gasteiger partial charge is 0.319 e. The molecule has 6 fully saturated rings. The van der Waals surface area contributed by atoms with Crippen LogP contribution in [0.25, 0.3) is 56.0 Å². The number of nitrogens with zero attached hydrogens (tertiary/aromatic N) is 18. The van der Waals surface area contributed by atoms with Crippen molar-refractivity contribution in [2.75, 3.05) is 102 Å². The third-order valence-electron chi connectivity index (χ3n) is 16.5. The molecule has 8 aromatic rings. The Hall–Kier alpha value is -7.07. The highest BCUT2D eigenvalue weighted by Crippen LogP contribution is 2.37. The molecule has 81 heavy (non-hydrogen) atoms. The standard InChI is InChI=1S/C27H33F2N9O2S.C27H31F2N9O2/c1-41(2,39)37-13-10-34(11-14-37)9-12-35-17-30-22-24(35)32-27(36-15-18-7-8-19(16-36)40-18)33-25(22)38-21-6-4-3-5-20(21)31-26(38)23(28)29;1-34(2)27(39)35-11-9-16(10-12-35)37-15-30-21-23(37)32-26(36-13-17-7-8-18(14-36)40-17)33-24(21)38-20-6-4-3-5-19(20)31-25(38)22(28)29/h3-6,17-19,23H,1,7-16H2,2H3;3-6,15-18,22H,7-14H2,1-2H3. The van der Waals surface area contributed by atoms with Gasteiger partial charge in [-0.2, -0.15) is 19.9 Å². The molecule has 5 atom stereocenters. The van der Waals surface area contributed by atoms with E-state index in [0.717, 1.165) is 58.2 Å². The minimum Gasteiger partial charge on any atom is -0.371 e. The molecule has 4 bridgehead atoms. The molecule has 22 nitrogen and oxygen atoms in total. The van der Waals surface area contributed by atoms with Gasteiger partial charge in [-0.3, -0.25) is 18.2 Å². The van der Waals surface area contributed by atoms with Crippen molar-refractivity contribution >= 4 is 77.9 Å². The van der Waals surface area contributed by atoms with Crippen LogP contribution < -0.4 is 9.80 Å². The van der Waals surface area contributed by atoms with E-state index in [0.29, 0.717) is 127 Å². The Kier molecular flexibility index (Phi) is 14.0. The molecule has 6 saturated heterocycles. The number of likely N-dealkylation sites (tertiary alicyclic amines) is 1. The number of urea groups is 1. The first-order chi connectivity index (χ1) is 39.1. The summed E-state index contributed by atoms with van der Waals surface area (Å²) in [4.78, 5) is 60.0. The highest BCUT2D eigenvalue weighted by Gasteiger charge is 2.38. The Morgan fingerprint density at radius 2 is 1.12 bits per heavy atom. The molecule has 12 heterocycles. The number of alkyl halides is 4. The van der Waals surface area contributed by atoms with Gasteiger partial charge < -0.3 is 38.2 Å². The quantitative estimate of drug-likeness (QED) is 0.106. The molecule has 6 aliphatic heterocycles. The van der Waals surface area contributed by atoms with Crippen molar-refractivity contribution in [3.63, 3.8) is 0 Å². The number of piperidine rings is 1. The number of fused-ring (bicyclic) bond motifs is 8. The van der Waals surface area contributed by atoms with E-state index in [4.69, 9.17) is 29.4 Å². The number of halogens is 4. The number of amides is 2. The van der Waals surface area contributed by atoms with Gasteiger partial charge in [0, 0.05) is 115 Å². The second kappa shape index (κ2) is 21.4. The first kappa shape index (κ1) is 53.3. The lowest BCUT2D eigenvalue weighted by atomic mass is 10.1. The molecule has 6 aromatic heterocycles. The van der Waals surface area contributed by atoms with Gasteiger partial charge in [-0.15, -0.1) is 0 Å². The van der Waals surface area contributed by atoms with E-state index in [2.05, 4.69) is 40.5 Å². The van der Waals surface area contributed by atoms with Crippen LogP contribution in [0.15, 0.2) is 61.2 Å². The molecular weight excluding hydrogens is 1070 g/mol. The molecule has 0 N–H and O–H groups in total. The van der Waals surface area contributed by atoms with Gasteiger partial charge in [0.15, 0.2) is 45.6 Å². The summed E-state index contributed by atoms with van der Waals surface area (Å²) in [6.45, 7) is 8.14. The number of hydrogen-bond acceptors (Lipinski definition) is 15. The summed E-state index contributed by atoms with van der Waals surface area (Å²) in [7, 11) is 1.30. The predicted octanol–water partition coefficient (Wildman–Crippen LogP) is 6.14. The molecule has 428 valence electrons. The summed E-state index contributed by atoms with van der Waals surface area (Å²) in [6, 6.07) is 14.2. The number of imidazole rings is 4. The van der Waals surface area contributed by atoms with Crippen LogP contribution in [0, 0.1) is 0 Å². The Morgan fingerprint density at radius 1 is 0.642 bits per heavy atom. The number of aromatic nitrogens is 12. The van der Waals surface area contributed by atoms with E-state index in [9.17, 15) is 26.6 Å². The molecule has 0 saturated carbocycles. The molecule has 27 heteroatoms. The van der Waals surface area contributed by atoms with E-state index in [-0.39, 0.29) is 48.1 Å². The average Bonchev–Trinajstić information content (AvgIpc) is 4.50. The van der Waals surface area contributed by atoms with Crippen LogP contribution in [0.2, 0.25) is 0 Å². The van der Waals surface area contributed by atoms with E-state index in [1.165, 1.54) is 9.13 Å². The predicted molar refractivity (Wildman–Crippen MR) is 298 cm³/mol. The lowest BCUT2D eigenvalue weighted by Crippen LogP contribution is -2.48. The largest absolute Gasteiger partial charge is 0.371 e. The summed E-state index contributed by atoms with van der Waals surface area (Å²) in [6.07, 6.45) is 5.37. The highest BCUT2D eigenvalue weighted by atomic mass is 32.2. The van der Waals surface area contributed by atoms with Gasteiger partial charge in [-0.1, -0.05) is 24.3 Å². The Morgan fingerprint density at radius 3 is 1.62 bits per heavy atom. The number of benzene rings is 2. The van der Waals surface area contributed by atoms with E-state index in [1.807, 2.05) is 18.3 Å². The second-order valence-electron chi connectivity index (χ2n) is 22.2. The Bertz CT molecular complexity index is 3740. The van der Waals surface area contributed by atoms with Gasteiger partial charge in [0.05, 0.1) is 59.1 Å². The van der Waals surface area contributed by atoms with Crippen LogP contribution in [0.3, 0.4) is 0 Å². The van der Waals surface area contributed by atoms with Crippen molar-refractivity contribution < 1.29 is 36.0 Å². The monoisotopic (exact) mass is 1140 g/mol. The third kappa shape index (κ3) is 10.2. The summed E-state index contributed by atoms with van der Waals surface area (Å²) >= 11 is 0. The van der Waals surface area contributed by atoms with Gasteiger partial charge in [0.25, 0.3) is 12.9 Å². The SMILES string of the molecule is C=S(C)(=O)N1CCN(CCn2cnc3c(-n4c(C(F)F)nc5ccccc54)nc(N4CC5CCC(C4)O5)nc32)CC1.CN(C)C(=O)N1CCC(n2cnc3c(-n4c(C(F)F)nc5ccccc54)nc(N4CC5CCC(C4)O5)nc32)CC1. The summed E-state index contributed by atoms with van der Waals surface area (Å²) < 4.78 is 90.6. The number of anilines is 2. The summed E-state index contributed by atoms with van der Waals surface area (Å²) in [5, 5.41) is 0. The maximum Gasteiger partial charge on any atom is 0.319 e. The fraction of sp³-hybridized carbons (Fsp3) is 0.519. The third-order valence-corrected chi connectivity index (χ3v) is 18.0. The first-order valence-corrected chi connectivity index (χ1v) is 29.8. The van der Waals surface area contributed by atoms with Gasteiger partial charge in [0.1, 0.15) is 0 Å². The summed E-state index contributed by atoms with van der Waals surface area (Å²) in [5.41, 5.74) is 4.09. The van der Waals surface area contributed by atoms with Gasteiger partial charge in [-0.25, -0.2) is 46.6 Å². The van der Waals surface area contributed by atoms with Crippen LogP contribution in [-0.4, -0.2) is 210 Å². The normalized spacial score (nSPS) is 22.7. The number of carbonyl (C=O) groups excluding carboxylic acids is 1. The average molecular weight is 1140 g/mol. The van der Waals surface area contributed by atoms with Crippen molar-refractivity contribution in [1.29, 1.82) is 0 Å². The topological polar surface area (TPSA) is 195 Å². The van der Waals surface area contributed by atoms with Gasteiger partial charge in [-0.05, 0) is 68.7 Å². The van der Waals surface area contributed by atoms with Crippen LogP contribution in [0.5, 0.6) is 0 Å². The lowest BCUT2D eigenvalue weighted by molar-refractivity contribution is 0.0297. The number of rotatable bonds is 11. The number of morpholine rings is 2. The van der Waals surface area contributed by atoms with E-state index < -0.39 is 22.6 Å². The van der Waals surface area contributed by atoms with Crippen molar-refractivity contribution in [1.82, 2.24) is 77.1 Å². The Labute approximate surface area is 464 Å². The van der Waals surface area contributed by atoms with Crippen LogP contribution >= 0.6 is 0 Å². The maximum atomic E-state index is 14.4. The zero-order valence-electron chi connectivity index (χ0n) is 45.4. The van der Waals surface area contributed by atoms with Crippen molar-refractivity contribution in [2.24, 2.45) is 0 Å². The molecular formula is C54H64F4N18O4S. The van der Waals surface area contributed by atoms with Crippen molar-refractivity contribution in [3.05, 3.63) is 72.8 Å². The lowest BCUT2D eigenvalue weighted by Gasteiger charge is -2.35. The fourth-order valence-electron chi connectivity index (χ4n) is 12.4. The second-order valence-corrected chi connectivity index (χ2v) is 24.6. The summed E-state index contributed by atoms with van der Waals surface area (Å²) in [5.74, 6) is 4.61. The van der Waals surface area contributed by atoms with Gasteiger partial charge in [0.2, 0.25) is 11.9 Å². The number of hydrogen-bond donors (Lipinski definition) is 0. The van der Waals surface area contributed by atoms with E-state index in [1.54, 1.807) is 86.4 Å². The number of piperazine rings is 1. The van der Waals surface area contributed by atoms with Crippen molar-refractivity contribution in [3.8, 4) is 11.6 Å².